The van der Waals surface area contributed by atoms with Crippen LogP contribution in [0.4, 0.5) is 0 Å². The summed E-state index contributed by atoms with van der Waals surface area (Å²) < 4.78 is 0. The summed E-state index contributed by atoms with van der Waals surface area (Å²) in [5.41, 5.74) is 4.66. The lowest BCUT2D eigenvalue weighted by atomic mass is 10.1. The summed E-state index contributed by atoms with van der Waals surface area (Å²) in [6.07, 6.45) is 1.47. The Kier molecular flexibility index (Phi) is 4.65. The van der Waals surface area contributed by atoms with E-state index in [9.17, 15) is 4.79 Å². The first kappa shape index (κ1) is 16.7. The molecule has 0 aliphatic carbocycles. The van der Waals surface area contributed by atoms with Crippen LogP contribution in [0.1, 0.15) is 27.2 Å². The van der Waals surface area contributed by atoms with Crippen LogP contribution in [0.2, 0.25) is 5.02 Å². The summed E-state index contributed by atoms with van der Waals surface area (Å²) in [4.78, 5) is 21.1. The highest BCUT2D eigenvalue weighted by Crippen LogP contribution is 2.20. The fourth-order valence-corrected chi connectivity index (χ4v) is 3.15. The molecular formula is C20H17ClN4O. The molecule has 5 nitrogen and oxygen atoms in total. The van der Waals surface area contributed by atoms with Crippen molar-refractivity contribution in [2.75, 3.05) is 0 Å². The topological polar surface area (TPSA) is 66.9 Å². The van der Waals surface area contributed by atoms with Crippen LogP contribution in [0.3, 0.4) is 0 Å². The fourth-order valence-electron chi connectivity index (χ4n) is 2.98. The van der Waals surface area contributed by atoms with Gasteiger partial charge in [-0.25, -0.2) is 9.97 Å². The molecule has 0 unspecified atom stereocenters. The van der Waals surface area contributed by atoms with E-state index in [0.717, 1.165) is 24.2 Å². The van der Waals surface area contributed by atoms with E-state index in [1.807, 2.05) is 36.4 Å². The molecule has 1 amide bonds. The zero-order chi connectivity index (χ0) is 17.9. The number of benzene rings is 2. The van der Waals surface area contributed by atoms with Gasteiger partial charge in [-0.15, -0.1) is 0 Å². The minimum Gasteiger partial charge on any atom is -0.347 e. The largest absolute Gasteiger partial charge is 0.347 e. The first-order chi connectivity index (χ1) is 12.7. The van der Waals surface area contributed by atoms with Crippen molar-refractivity contribution in [2.45, 2.75) is 19.6 Å². The first-order valence-corrected chi connectivity index (χ1v) is 8.76. The summed E-state index contributed by atoms with van der Waals surface area (Å²) >= 11 is 6.14. The van der Waals surface area contributed by atoms with Crippen LogP contribution in [0.25, 0.3) is 11.4 Å². The molecule has 0 atom stereocenters. The molecule has 0 bridgehead atoms. The lowest BCUT2D eigenvalue weighted by molar-refractivity contribution is 0.0946. The maximum absolute atomic E-state index is 12.6. The molecule has 0 spiro atoms. The van der Waals surface area contributed by atoms with Crippen molar-refractivity contribution in [3.63, 3.8) is 0 Å². The third-order valence-corrected chi connectivity index (χ3v) is 4.62. The van der Waals surface area contributed by atoms with Crippen LogP contribution in [0.15, 0.2) is 54.7 Å². The van der Waals surface area contributed by atoms with Gasteiger partial charge in [-0.05, 0) is 16.7 Å². The molecule has 1 aliphatic rings. The highest BCUT2D eigenvalue weighted by molar-refractivity contribution is 6.33. The monoisotopic (exact) mass is 364 g/mol. The minimum atomic E-state index is -0.312. The third-order valence-electron chi connectivity index (χ3n) is 4.35. The van der Waals surface area contributed by atoms with E-state index in [1.54, 1.807) is 0 Å². The average molecular weight is 365 g/mol. The molecule has 26 heavy (non-hydrogen) atoms. The molecule has 4 rings (SSSR count). The molecule has 6 heteroatoms. The Bertz CT molecular complexity index is 959. The van der Waals surface area contributed by atoms with Crippen molar-refractivity contribution in [3.05, 3.63) is 82.1 Å². The van der Waals surface area contributed by atoms with Crippen molar-refractivity contribution < 1.29 is 4.79 Å². The summed E-state index contributed by atoms with van der Waals surface area (Å²) in [5.74, 6) is 0.164. The van der Waals surface area contributed by atoms with Gasteiger partial charge in [-0.2, -0.15) is 0 Å². The first-order valence-electron chi connectivity index (χ1n) is 8.38. The standard InChI is InChI=1S/C20H17ClN4O/c21-17-12-23-19(14-4-2-1-3-5-14)25-18(17)20(26)24-9-13-6-7-15-10-22-11-16(15)8-13/h1-8,12,22H,9-11H2,(H,24,26). The number of carbonyl (C=O) groups is 1. The molecule has 130 valence electrons. The second-order valence-corrected chi connectivity index (χ2v) is 6.55. The van der Waals surface area contributed by atoms with E-state index in [0.29, 0.717) is 12.4 Å². The molecule has 0 saturated heterocycles. The molecule has 1 aliphatic heterocycles. The summed E-state index contributed by atoms with van der Waals surface area (Å²) in [7, 11) is 0. The number of fused-ring (bicyclic) bond motifs is 1. The lowest BCUT2D eigenvalue weighted by Gasteiger charge is -2.09. The van der Waals surface area contributed by atoms with E-state index in [1.165, 1.54) is 17.3 Å². The van der Waals surface area contributed by atoms with Crippen molar-refractivity contribution in [1.29, 1.82) is 0 Å². The Morgan fingerprint density at radius 2 is 1.92 bits per heavy atom. The Labute approximate surface area is 156 Å². The third kappa shape index (κ3) is 3.45. The van der Waals surface area contributed by atoms with Gasteiger partial charge < -0.3 is 10.6 Å². The highest BCUT2D eigenvalue weighted by atomic mass is 35.5. The number of halogens is 1. The molecule has 2 aromatic carbocycles. The average Bonchev–Trinajstić information content (AvgIpc) is 3.15. The Balaban J connectivity index is 1.51. The second-order valence-electron chi connectivity index (χ2n) is 6.15. The number of amides is 1. The SMILES string of the molecule is O=C(NCc1ccc2c(c1)CNC2)c1nc(-c2ccccc2)ncc1Cl. The molecule has 0 radical (unpaired) electrons. The molecule has 0 fully saturated rings. The van der Waals surface area contributed by atoms with Crippen LogP contribution in [-0.4, -0.2) is 15.9 Å². The summed E-state index contributed by atoms with van der Waals surface area (Å²) in [6, 6.07) is 15.7. The van der Waals surface area contributed by atoms with Crippen molar-refractivity contribution in [1.82, 2.24) is 20.6 Å². The number of nitrogens with zero attached hydrogens (tertiary/aromatic N) is 2. The van der Waals surface area contributed by atoms with Crippen LogP contribution in [0.5, 0.6) is 0 Å². The molecule has 2 N–H and O–H groups in total. The van der Waals surface area contributed by atoms with Gasteiger partial charge in [0.1, 0.15) is 0 Å². The fraction of sp³-hybridized carbons (Fsp3) is 0.150. The number of hydrogen-bond acceptors (Lipinski definition) is 4. The predicted octanol–water partition coefficient (Wildman–Crippen LogP) is 3.33. The van der Waals surface area contributed by atoms with Crippen LogP contribution in [-0.2, 0) is 19.6 Å². The minimum absolute atomic E-state index is 0.184. The molecule has 0 saturated carbocycles. The van der Waals surface area contributed by atoms with Crippen molar-refractivity contribution in [3.8, 4) is 11.4 Å². The number of rotatable bonds is 4. The smallest absolute Gasteiger partial charge is 0.271 e. The lowest BCUT2D eigenvalue weighted by Crippen LogP contribution is -2.24. The van der Waals surface area contributed by atoms with Gasteiger partial charge in [0, 0.05) is 25.2 Å². The zero-order valence-electron chi connectivity index (χ0n) is 14.0. The Morgan fingerprint density at radius 1 is 1.12 bits per heavy atom. The second kappa shape index (κ2) is 7.23. The highest BCUT2D eigenvalue weighted by Gasteiger charge is 2.15. The number of carbonyl (C=O) groups excluding carboxylic acids is 1. The molecule has 3 aromatic rings. The van der Waals surface area contributed by atoms with Crippen LogP contribution >= 0.6 is 11.6 Å². The van der Waals surface area contributed by atoms with E-state index in [2.05, 4.69) is 32.7 Å². The van der Waals surface area contributed by atoms with Gasteiger partial charge in [-0.3, -0.25) is 4.79 Å². The maximum Gasteiger partial charge on any atom is 0.271 e. The van der Waals surface area contributed by atoms with Gasteiger partial charge in [0.15, 0.2) is 11.5 Å². The number of nitrogens with one attached hydrogen (secondary N) is 2. The zero-order valence-corrected chi connectivity index (χ0v) is 14.8. The molecule has 2 heterocycles. The Morgan fingerprint density at radius 3 is 2.77 bits per heavy atom. The van der Waals surface area contributed by atoms with E-state index >= 15 is 0 Å². The van der Waals surface area contributed by atoms with Crippen LogP contribution in [0, 0.1) is 0 Å². The quantitative estimate of drug-likeness (QED) is 0.745. The van der Waals surface area contributed by atoms with Gasteiger partial charge >= 0.3 is 0 Å². The normalized spacial score (nSPS) is 12.7. The van der Waals surface area contributed by atoms with Crippen molar-refractivity contribution >= 4 is 17.5 Å². The van der Waals surface area contributed by atoms with E-state index < -0.39 is 0 Å². The summed E-state index contributed by atoms with van der Waals surface area (Å²) in [5, 5.41) is 6.44. The van der Waals surface area contributed by atoms with E-state index in [-0.39, 0.29) is 16.6 Å². The molecule has 1 aromatic heterocycles. The van der Waals surface area contributed by atoms with Gasteiger partial charge in [0.2, 0.25) is 0 Å². The Hall–Kier alpha value is -2.76. The predicted molar refractivity (Wildman–Crippen MR) is 101 cm³/mol. The number of hydrogen-bond donors (Lipinski definition) is 2. The van der Waals surface area contributed by atoms with Gasteiger partial charge in [-0.1, -0.05) is 60.1 Å². The van der Waals surface area contributed by atoms with Gasteiger partial charge in [0.25, 0.3) is 5.91 Å². The van der Waals surface area contributed by atoms with E-state index in [4.69, 9.17) is 11.6 Å². The maximum atomic E-state index is 12.6. The summed E-state index contributed by atoms with van der Waals surface area (Å²) in [6.45, 7) is 2.20. The van der Waals surface area contributed by atoms with Gasteiger partial charge in [0.05, 0.1) is 11.2 Å². The van der Waals surface area contributed by atoms with Crippen LogP contribution < -0.4 is 10.6 Å². The molecular weight excluding hydrogens is 348 g/mol. The van der Waals surface area contributed by atoms with Crippen molar-refractivity contribution in [2.24, 2.45) is 0 Å². The number of aromatic nitrogens is 2.